The van der Waals surface area contributed by atoms with Crippen LogP contribution in [0.4, 0.5) is 13.2 Å². The normalized spacial score (nSPS) is 12.6. The van der Waals surface area contributed by atoms with Gasteiger partial charge in [0, 0.05) is 6.08 Å². The Morgan fingerprint density at radius 3 is 2.39 bits per heavy atom. The van der Waals surface area contributed by atoms with E-state index in [4.69, 9.17) is 0 Å². The summed E-state index contributed by atoms with van der Waals surface area (Å²) in [4.78, 5) is 10.1. The number of allylic oxidation sites excluding steroid dienone is 1. The van der Waals surface area contributed by atoms with Gasteiger partial charge in [0.25, 0.3) is 0 Å². The lowest BCUT2D eigenvalue weighted by Gasteiger charge is -2.10. The quantitative estimate of drug-likeness (QED) is 0.377. The molecule has 0 heterocycles. The molecule has 0 atom stereocenters. The molecule has 0 aliphatic rings. The average molecular weight is 284 g/mol. The van der Waals surface area contributed by atoms with E-state index in [0.29, 0.717) is 23.6 Å². The van der Waals surface area contributed by atoms with Gasteiger partial charge in [-0.15, -0.1) is 11.8 Å². The van der Waals surface area contributed by atoms with Gasteiger partial charge in [0.05, 0.1) is 11.5 Å². The van der Waals surface area contributed by atoms with Crippen LogP contribution in [-0.4, -0.2) is 24.5 Å². The largest absolute Gasteiger partial charge is 0.463 e. The minimum atomic E-state index is -4.48. The molecular weight excluding hydrogens is 265 g/mol. The number of halogens is 3. The Kier molecular flexibility index (Phi) is 8.97. The van der Waals surface area contributed by atoms with Gasteiger partial charge in [0.1, 0.15) is 0 Å². The molecule has 0 amide bonds. The first-order valence-electron chi connectivity index (χ1n) is 6.00. The van der Waals surface area contributed by atoms with Crippen molar-refractivity contribution in [2.24, 2.45) is 0 Å². The third-order valence-corrected chi connectivity index (χ3v) is 3.22. The van der Waals surface area contributed by atoms with E-state index < -0.39 is 17.1 Å². The molecular formula is C12H19F3O2S. The number of rotatable bonds is 8. The van der Waals surface area contributed by atoms with Gasteiger partial charge in [-0.3, -0.25) is 0 Å². The van der Waals surface area contributed by atoms with E-state index in [1.165, 1.54) is 0 Å². The number of carbonyl (C=O) groups is 1. The summed E-state index contributed by atoms with van der Waals surface area (Å²) in [6.45, 7) is 3.66. The lowest BCUT2D eigenvalue weighted by atomic mass is 10.2. The van der Waals surface area contributed by atoms with Crippen molar-refractivity contribution in [2.45, 2.75) is 45.7 Å². The molecule has 0 unspecified atom stereocenters. The molecule has 0 radical (unpaired) electrons. The van der Waals surface area contributed by atoms with Gasteiger partial charge in [-0.2, -0.15) is 13.2 Å². The maximum Gasteiger partial charge on any atom is 0.422 e. The fourth-order valence-corrected chi connectivity index (χ4v) is 2.12. The number of thioether (sulfide) groups is 1. The van der Waals surface area contributed by atoms with E-state index in [9.17, 15) is 18.0 Å². The van der Waals surface area contributed by atoms with Crippen molar-refractivity contribution in [2.75, 3.05) is 12.4 Å². The molecule has 0 saturated heterocycles. The van der Waals surface area contributed by atoms with Crippen molar-refractivity contribution < 1.29 is 22.7 Å². The molecule has 0 rings (SSSR count). The SMILES string of the molecule is CCCCCCS/C(=C\C(=O)OCC)C(F)(F)F. The zero-order chi connectivity index (χ0) is 14.0. The second-order valence-corrected chi connectivity index (χ2v) is 4.80. The van der Waals surface area contributed by atoms with Crippen LogP contribution < -0.4 is 0 Å². The smallest absolute Gasteiger partial charge is 0.422 e. The van der Waals surface area contributed by atoms with Crippen LogP contribution in [0.1, 0.15) is 39.5 Å². The minimum Gasteiger partial charge on any atom is -0.463 e. The average Bonchev–Trinajstić information content (AvgIpc) is 2.26. The zero-order valence-electron chi connectivity index (χ0n) is 10.7. The Balaban J connectivity index is 4.29. The van der Waals surface area contributed by atoms with E-state index in [1.54, 1.807) is 6.92 Å². The number of alkyl halides is 3. The van der Waals surface area contributed by atoms with Gasteiger partial charge in [0.15, 0.2) is 0 Å². The third kappa shape index (κ3) is 8.44. The van der Waals surface area contributed by atoms with Gasteiger partial charge >= 0.3 is 12.1 Å². The summed E-state index contributed by atoms with van der Waals surface area (Å²) in [5.41, 5.74) is 0. The van der Waals surface area contributed by atoms with E-state index in [1.807, 2.05) is 6.92 Å². The highest BCUT2D eigenvalue weighted by molar-refractivity contribution is 8.03. The van der Waals surface area contributed by atoms with Crippen LogP contribution in [0.15, 0.2) is 11.0 Å². The van der Waals surface area contributed by atoms with Crippen LogP contribution in [0.2, 0.25) is 0 Å². The highest BCUT2D eigenvalue weighted by Gasteiger charge is 2.34. The van der Waals surface area contributed by atoms with Crippen LogP contribution in [0.5, 0.6) is 0 Å². The second kappa shape index (κ2) is 9.30. The molecule has 0 aromatic carbocycles. The number of hydrogen-bond donors (Lipinski definition) is 0. The van der Waals surface area contributed by atoms with Gasteiger partial charge in [-0.05, 0) is 19.1 Å². The zero-order valence-corrected chi connectivity index (χ0v) is 11.5. The van der Waals surface area contributed by atoms with Gasteiger partial charge < -0.3 is 4.74 Å². The molecule has 106 valence electrons. The maximum atomic E-state index is 12.6. The molecule has 0 aromatic rings. The van der Waals surface area contributed by atoms with Gasteiger partial charge in [-0.25, -0.2) is 4.79 Å². The molecule has 0 N–H and O–H groups in total. The Morgan fingerprint density at radius 1 is 1.22 bits per heavy atom. The van der Waals surface area contributed by atoms with Crippen LogP contribution in [0, 0.1) is 0 Å². The number of esters is 1. The molecule has 18 heavy (non-hydrogen) atoms. The molecule has 0 bridgehead atoms. The predicted octanol–water partition coefficient (Wildman–Crippen LogP) is 4.31. The molecule has 0 fully saturated rings. The summed E-state index contributed by atoms with van der Waals surface area (Å²) in [5, 5.41) is 0. The van der Waals surface area contributed by atoms with Crippen molar-refractivity contribution in [3.8, 4) is 0 Å². The van der Waals surface area contributed by atoms with Crippen LogP contribution in [-0.2, 0) is 9.53 Å². The van der Waals surface area contributed by atoms with E-state index in [2.05, 4.69) is 4.74 Å². The first kappa shape index (κ1) is 17.4. The summed E-state index contributed by atoms with van der Waals surface area (Å²) >= 11 is 0.668. The molecule has 0 aliphatic heterocycles. The van der Waals surface area contributed by atoms with E-state index in [-0.39, 0.29) is 6.61 Å². The highest BCUT2D eigenvalue weighted by Crippen LogP contribution is 2.35. The molecule has 0 aliphatic carbocycles. The number of hydrogen-bond acceptors (Lipinski definition) is 3. The summed E-state index contributed by atoms with van der Waals surface area (Å²) in [5.74, 6) is -0.573. The molecule has 2 nitrogen and oxygen atoms in total. The van der Waals surface area contributed by atoms with Gasteiger partial charge in [0.2, 0.25) is 0 Å². The minimum absolute atomic E-state index is 0.0711. The van der Waals surface area contributed by atoms with E-state index in [0.717, 1.165) is 25.7 Å². The number of unbranched alkanes of at least 4 members (excludes halogenated alkanes) is 3. The van der Waals surface area contributed by atoms with Crippen LogP contribution in [0.25, 0.3) is 0 Å². The standard InChI is InChI=1S/C12H19F3O2S/c1-3-5-6-7-8-18-10(12(13,14)15)9-11(16)17-4-2/h9H,3-8H2,1-2H3/b10-9-. The first-order valence-corrected chi connectivity index (χ1v) is 6.98. The monoisotopic (exact) mass is 284 g/mol. The molecule has 0 spiro atoms. The Morgan fingerprint density at radius 2 is 1.89 bits per heavy atom. The van der Waals surface area contributed by atoms with Crippen molar-refractivity contribution in [1.82, 2.24) is 0 Å². The Bertz CT molecular complexity index is 275. The summed E-state index contributed by atoms with van der Waals surface area (Å²) in [6, 6.07) is 0. The topological polar surface area (TPSA) is 26.3 Å². The van der Waals surface area contributed by atoms with Crippen LogP contribution >= 0.6 is 11.8 Å². The van der Waals surface area contributed by atoms with Gasteiger partial charge in [-0.1, -0.05) is 26.2 Å². The third-order valence-electron chi connectivity index (χ3n) is 2.07. The lowest BCUT2D eigenvalue weighted by Crippen LogP contribution is -2.12. The molecule has 0 aromatic heterocycles. The van der Waals surface area contributed by atoms with Crippen LogP contribution in [0.3, 0.4) is 0 Å². The van der Waals surface area contributed by atoms with E-state index >= 15 is 0 Å². The molecule has 6 heteroatoms. The maximum absolute atomic E-state index is 12.6. The number of ether oxygens (including phenoxy) is 1. The highest BCUT2D eigenvalue weighted by atomic mass is 32.2. The first-order chi connectivity index (χ1) is 8.41. The number of carbonyl (C=O) groups excluding carboxylic acids is 1. The fraction of sp³-hybridized carbons (Fsp3) is 0.750. The predicted molar refractivity (Wildman–Crippen MR) is 67.4 cm³/mol. The fourth-order valence-electron chi connectivity index (χ4n) is 1.21. The van der Waals surface area contributed by atoms with Crippen molar-refractivity contribution in [3.05, 3.63) is 11.0 Å². The summed E-state index contributed by atoms with van der Waals surface area (Å²) < 4.78 is 42.3. The van der Waals surface area contributed by atoms with Crippen molar-refractivity contribution in [3.63, 3.8) is 0 Å². The summed E-state index contributed by atoms with van der Waals surface area (Å²) in [6.07, 6.45) is -0.266. The molecule has 0 saturated carbocycles. The van der Waals surface area contributed by atoms with Crippen molar-refractivity contribution in [1.29, 1.82) is 0 Å². The second-order valence-electron chi connectivity index (χ2n) is 3.67. The summed E-state index contributed by atoms with van der Waals surface area (Å²) in [7, 11) is 0. The van der Waals surface area contributed by atoms with Crippen molar-refractivity contribution >= 4 is 17.7 Å². The Hall–Kier alpha value is -0.650. The lowest BCUT2D eigenvalue weighted by molar-refractivity contribution is -0.138. The Labute approximate surface area is 110 Å².